The number of ether oxygens (including phenoxy) is 2. The van der Waals surface area contributed by atoms with Gasteiger partial charge in [-0.25, -0.2) is 0 Å². The Morgan fingerprint density at radius 1 is 1.04 bits per heavy atom. The van der Waals surface area contributed by atoms with Crippen LogP contribution in [0.5, 0.6) is 11.5 Å². The second-order valence-corrected chi connectivity index (χ2v) is 5.16. The lowest BCUT2D eigenvalue weighted by Gasteiger charge is -2.09. The number of para-hydroxylation sites is 2. The van der Waals surface area contributed by atoms with Gasteiger partial charge in [0.2, 0.25) is 0 Å². The summed E-state index contributed by atoms with van der Waals surface area (Å²) >= 11 is 0. The third kappa shape index (κ3) is 2.62. The van der Waals surface area contributed by atoms with Gasteiger partial charge in [-0.15, -0.1) is 5.10 Å². The number of methoxy groups -OCH3 is 2. The van der Waals surface area contributed by atoms with Crippen LogP contribution in [0.4, 0.5) is 5.69 Å². The van der Waals surface area contributed by atoms with E-state index in [0.717, 1.165) is 11.3 Å². The fraction of sp³-hybridized carbons (Fsp3) is 0.167. The Balaban J connectivity index is 1.95. The first-order valence-electron chi connectivity index (χ1n) is 7.37. The Bertz CT molecular complexity index is 843. The molecule has 0 aliphatic carbocycles. The first-order chi connectivity index (χ1) is 11.7. The number of anilines is 1. The Morgan fingerprint density at radius 2 is 1.83 bits per heavy atom. The second-order valence-electron chi connectivity index (χ2n) is 5.16. The van der Waals surface area contributed by atoms with Crippen molar-refractivity contribution < 1.29 is 14.3 Å². The van der Waals surface area contributed by atoms with E-state index in [9.17, 15) is 4.79 Å². The zero-order valence-corrected chi connectivity index (χ0v) is 13.7. The number of likely N-dealkylation sites (N-methyl/N-ethyl adjacent to an activating group) is 1. The summed E-state index contributed by atoms with van der Waals surface area (Å²) in [5.41, 5.74) is 2.65. The van der Waals surface area contributed by atoms with Gasteiger partial charge in [-0.05, 0) is 18.2 Å². The van der Waals surface area contributed by atoms with Crippen molar-refractivity contribution in [2.75, 3.05) is 26.2 Å². The lowest BCUT2D eigenvalue weighted by Crippen LogP contribution is -2.25. The van der Waals surface area contributed by atoms with E-state index in [-0.39, 0.29) is 5.91 Å². The molecule has 2 aromatic rings. The molecule has 1 amide bonds. The molecule has 1 aliphatic heterocycles. The molecule has 0 atom stereocenters. The van der Waals surface area contributed by atoms with E-state index in [1.54, 1.807) is 38.4 Å². The van der Waals surface area contributed by atoms with Crippen molar-refractivity contribution in [1.29, 1.82) is 0 Å². The van der Waals surface area contributed by atoms with Gasteiger partial charge in [0.05, 0.1) is 26.1 Å². The normalized spacial score (nSPS) is 15.2. The van der Waals surface area contributed by atoms with Crippen molar-refractivity contribution in [3.8, 4) is 11.5 Å². The monoisotopic (exact) mass is 323 g/mol. The molecule has 0 bridgehead atoms. The molecule has 0 saturated heterocycles. The zero-order chi connectivity index (χ0) is 17.1. The van der Waals surface area contributed by atoms with Gasteiger partial charge in [0.25, 0.3) is 5.91 Å². The molecule has 1 heterocycles. The van der Waals surface area contributed by atoms with Crippen molar-refractivity contribution >= 4 is 23.5 Å². The summed E-state index contributed by atoms with van der Waals surface area (Å²) in [6, 6.07) is 13.0. The summed E-state index contributed by atoms with van der Waals surface area (Å²) < 4.78 is 10.6. The molecule has 0 saturated carbocycles. The number of rotatable bonds is 4. The van der Waals surface area contributed by atoms with Crippen LogP contribution in [0.2, 0.25) is 0 Å². The quantitative estimate of drug-likeness (QED) is 0.641. The Hall–Kier alpha value is -3.15. The van der Waals surface area contributed by atoms with Crippen molar-refractivity contribution in [3.05, 3.63) is 53.6 Å². The van der Waals surface area contributed by atoms with E-state index in [4.69, 9.17) is 9.47 Å². The van der Waals surface area contributed by atoms with Gasteiger partial charge in [0, 0.05) is 18.2 Å². The van der Waals surface area contributed by atoms with Crippen molar-refractivity contribution in [3.63, 3.8) is 0 Å². The fourth-order valence-corrected chi connectivity index (χ4v) is 2.61. The molecule has 0 fully saturated rings. The summed E-state index contributed by atoms with van der Waals surface area (Å²) in [6.45, 7) is 0. The van der Waals surface area contributed by atoms with Crippen LogP contribution >= 0.6 is 0 Å². The van der Waals surface area contributed by atoms with Gasteiger partial charge in [0.1, 0.15) is 0 Å². The van der Waals surface area contributed by atoms with E-state index >= 15 is 0 Å². The van der Waals surface area contributed by atoms with Gasteiger partial charge >= 0.3 is 0 Å². The Kier molecular flexibility index (Phi) is 4.29. The Morgan fingerprint density at radius 3 is 2.58 bits per heavy atom. The van der Waals surface area contributed by atoms with Crippen LogP contribution in [0.25, 0.3) is 0 Å². The van der Waals surface area contributed by atoms with E-state index in [1.807, 2.05) is 36.4 Å². The highest BCUT2D eigenvalue weighted by molar-refractivity contribution is 6.54. The highest BCUT2D eigenvalue weighted by atomic mass is 16.5. The third-order valence-corrected chi connectivity index (χ3v) is 3.82. The summed E-state index contributed by atoms with van der Waals surface area (Å²) in [5.74, 6) is 1.00. The molecule has 24 heavy (non-hydrogen) atoms. The maximum atomic E-state index is 12.3. The minimum Gasteiger partial charge on any atom is -0.493 e. The van der Waals surface area contributed by atoms with Crippen LogP contribution < -0.4 is 14.4 Å². The van der Waals surface area contributed by atoms with Crippen molar-refractivity contribution in [2.45, 2.75) is 0 Å². The summed E-state index contributed by atoms with van der Waals surface area (Å²) in [6.07, 6.45) is 1.54. The molecule has 0 N–H and O–H groups in total. The standard InChI is InChI=1S/C18H17N3O3/c1-21-14-9-5-4-8-13(14)16(18(21)22)20-19-11-12-7-6-10-15(23-2)17(12)24-3/h4-11H,1-3H3/b19-11-,20-16-. The van der Waals surface area contributed by atoms with Crippen LogP contribution in [0.3, 0.4) is 0 Å². The predicted octanol–water partition coefficient (Wildman–Crippen LogP) is 2.50. The minimum atomic E-state index is -0.175. The topological polar surface area (TPSA) is 63.5 Å². The van der Waals surface area contributed by atoms with E-state index in [0.29, 0.717) is 22.8 Å². The molecule has 1 aliphatic rings. The van der Waals surface area contributed by atoms with Crippen molar-refractivity contribution in [2.24, 2.45) is 10.2 Å². The van der Waals surface area contributed by atoms with Crippen LogP contribution in [-0.2, 0) is 4.79 Å². The summed E-state index contributed by atoms with van der Waals surface area (Å²) in [7, 11) is 4.86. The number of carbonyl (C=O) groups is 1. The Labute approximate surface area is 140 Å². The average Bonchev–Trinajstić information content (AvgIpc) is 2.86. The largest absolute Gasteiger partial charge is 0.493 e. The lowest BCUT2D eigenvalue weighted by molar-refractivity contribution is -0.111. The van der Waals surface area contributed by atoms with Crippen molar-refractivity contribution in [1.82, 2.24) is 0 Å². The number of hydrogen-bond acceptors (Lipinski definition) is 5. The molecule has 122 valence electrons. The first kappa shape index (κ1) is 15.7. The zero-order valence-electron chi connectivity index (χ0n) is 13.7. The number of fused-ring (bicyclic) bond motifs is 1. The van der Waals surface area contributed by atoms with Gasteiger partial charge in [-0.3, -0.25) is 4.79 Å². The van der Waals surface area contributed by atoms with Crippen LogP contribution in [0.1, 0.15) is 11.1 Å². The molecule has 0 spiro atoms. The molecule has 0 unspecified atom stereocenters. The molecule has 6 heteroatoms. The molecule has 3 rings (SSSR count). The van der Waals surface area contributed by atoms with E-state index < -0.39 is 0 Å². The predicted molar refractivity (Wildman–Crippen MR) is 93.5 cm³/mol. The number of nitrogens with zero attached hydrogens (tertiary/aromatic N) is 3. The van der Waals surface area contributed by atoms with E-state index in [2.05, 4.69) is 10.2 Å². The average molecular weight is 323 g/mol. The van der Waals surface area contributed by atoms with Crippen LogP contribution in [0, 0.1) is 0 Å². The minimum absolute atomic E-state index is 0.175. The lowest BCUT2D eigenvalue weighted by atomic mass is 10.1. The fourth-order valence-electron chi connectivity index (χ4n) is 2.61. The molecule has 2 aromatic carbocycles. The molecular formula is C18H17N3O3. The summed E-state index contributed by atoms with van der Waals surface area (Å²) in [5, 5.41) is 8.19. The summed E-state index contributed by atoms with van der Waals surface area (Å²) in [4.78, 5) is 13.9. The van der Waals surface area contributed by atoms with E-state index in [1.165, 1.54) is 0 Å². The smallest absolute Gasteiger partial charge is 0.279 e. The highest BCUT2D eigenvalue weighted by Gasteiger charge is 2.30. The second kappa shape index (κ2) is 6.54. The number of benzene rings is 2. The molecular weight excluding hydrogens is 306 g/mol. The molecule has 6 nitrogen and oxygen atoms in total. The van der Waals surface area contributed by atoms with Gasteiger partial charge < -0.3 is 14.4 Å². The highest BCUT2D eigenvalue weighted by Crippen LogP contribution is 2.30. The van der Waals surface area contributed by atoms with Crippen LogP contribution in [-0.4, -0.2) is 39.1 Å². The number of carbonyl (C=O) groups excluding carboxylic acids is 1. The number of hydrogen-bond donors (Lipinski definition) is 0. The third-order valence-electron chi connectivity index (χ3n) is 3.82. The van der Waals surface area contributed by atoms with Gasteiger partial charge in [0.15, 0.2) is 17.2 Å². The molecule has 0 radical (unpaired) electrons. The number of amides is 1. The van der Waals surface area contributed by atoms with Gasteiger partial charge in [-0.2, -0.15) is 5.10 Å². The SMILES string of the molecule is COc1cccc(/C=N\N=C2/C(=O)N(C)c3ccccc32)c1OC. The molecule has 0 aromatic heterocycles. The van der Waals surface area contributed by atoms with Gasteiger partial charge in [-0.1, -0.05) is 24.3 Å². The maximum absolute atomic E-state index is 12.3. The van der Waals surface area contributed by atoms with Crippen LogP contribution in [0.15, 0.2) is 52.7 Å². The maximum Gasteiger partial charge on any atom is 0.279 e. The first-order valence-corrected chi connectivity index (χ1v) is 7.37.